The van der Waals surface area contributed by atoms with Crippen LogP contribution in [0.15, 0.2) is 5.38 Å². The molecule has 0 aromatic carbocycles. The van der Waals surface area contributed by atoms with Gasteiger partial charge >= 0.3 is 150 Å². The Balaban J connectivity index is 3.09. The summed E-state index contributed by atoms with van der Waals surface area (Å²) in [6.45, 7) is 12.8. The van der Waals surface area contributed by atoms with Gasteiger partial charge in [0, 0.05) is 0 Å². The molecule has 1 unspecified atom stereocenters. The van der Waals surface area contributed by atoms with Gasteiger partial charge in [-0.05, 0) is 0 Å². The Kier molecular flexibility index (Phi) is 8.38. The summed E-state index contributed by atoms with van der Waals surface area (Å²) in [6, 6.07) is 0. The van der Waals surface area contributed by atoms with Gasteiger partial charge < -0.3 is 0 Å². The molecule has 6 heteroatoms. The zero-order valence-electron chi connectivity index (χ0n) is 15.8. The van der Waals surface area contributed by atoms with E-state index in [1.54, 1.807) is 6.92 Å². The number of hydrogen-bond acceptors (Lipinski definition) is 4. The Morgan fingerprint density at radius 3 is 2.21 bits per heavy atom. The number of ether oxygens (including phenoxy) is 1. The third-order valence-electron chi connectivity index (χ3n) is 5.26. The number of aryl methyl sites for hydroxylation is 1. The molecule has 0 bridgehead atoms. The molecule has 1 N–H and O–H groups in total. The number of carbonyl (C=O) groups excluding carboxylic acids is 2. The summed E-state index contributed by atoms with van der Waals surface area (Å²) in [6.07, 6.45) is 4.18. The second-order valence-electron chi connectivity index (χ2n) is 6.22. The van der Waals surface area contributed by atoms with Gasteiger partial charge in [0.1, 0.15) is 0 Å². The summed E-state index contributed by atoms with van der Waals surface area (Å²) in [5.41, 5.74) is 1.63. The molecule has 1 aromatic rings. The van der Waals surface area contributed by atoms with Crippen LogP contribution < -0.4 is 5.32 Å². The van der Waals surface area contributed by atoms with E-state index in [0.29, 0.717) is 17.2 Å². The SMILES string of the molecule is CCOC(=O)c1scc(C)c1NC(=O)C(CC)[PH](CC)(CC)CC. The molecule has 0 aliphatic heterocycles. The van der Waals surface area contributed by atoms with E-state index in [4.69, 9.17) is 4.74 Å². The van der Waals surface area contributed by atoms with Crippen molar-refractivity contribution in [2.75, 3.05) is 30.4 Å². The van der Waals surface area contributed by atoms with Crippen molar-refractivity contribution < 1.29 is 14.3 Å². The molecule has 0 saturated heterocycles. The van der Waals surface area contributed by atoms with Crippen molar-refractivity contribution in [2.45, 2.75) is 53.6 Å². The maximum absolute atomic E-state index is 13.0. The minimum absolute atomic E-state index is 0.0711. The predicted octanol–water partition coefficient (Wildman–Crippen LogP) is 4.76. The molecule has 1 heterocycles. The zero-order chi connectivity index (χ0) is 18.3. The van der Waals surface area contributed by atoms with Crippen molar-refractivity contribution in [1.82, 2.24) is 0 Å². The van der Waals surface area contributed by atoms with Crippen molar-refractivity contribution in [3.8, 4) is 0 Å². The van der Waals surface area contributed by atoms with E-state index >= 15 is 0 Å². The quantitative estimate of drug-likeness (QED) is 0.501. The molecule has 1 rings (SSSR count). The molecule has 24 heavy (non-hydrogen) atoms. The van der Waals surface area contributed by atoms with E-state index in [0.717, 1.165) is 30.5 Å². The van der Waals surface area contributed by atoms with Gasteiger partial charge in [-0.3, -0.25) is 0 Å². The van der Waals surface area contributed by atoms with Gasteiger partial charge in [-0.2, -0.15) is 0 Å². The Morgan fingerprint density at radius 1 is 1.17 bits per heavy atom. The molecule has 0 fully saturated rings. The number of hydrogen-bond donors (Lipinski definition) is 1. The normalized spacial score (nSPS) is 13.4. The molecular formula is C18H32NO3PS. The van der Waals surface area contributed by atoms with Crippen LogP contribution in [0.2, 0.25) is 0 Å². The number of rotatable bonds is 9. The van der Waals surface area contributed by atoms with Gasteiger partial charge in [-0.15, -0.1) is 0 Å². The first-order chi connectivity index (χ1) is 11.4. The molecule has 1 amide bonds. The van der Waals surface area contributed by atoms with Crippen LogP contribution in [0.4, 0.5) is 5.69 Å². The van der Waals surface area contributed by atoms with Crippen molar-refractivity contribution in [2.24, 2.45) is 0 Å². The number of amides is 1. The fraction of sp³-hybridized carbons (Fsp3) is 0.667. The van der Waals surface area contributed by atoms with Gasteiger partial charge in [0.05, 0.1) is 0 Å². The van der Waals surface area contributed by atoms with E-state index in [2.05, 4.69) is 33.0 Å². The summed E-state index contributed by atoms with van der Waals surface area (Å²) >= 11 is 1.33. The molecule has 1 atom stereocenters. The van der Waals surface area contributed by atoms with Gasteiger partial charge in [-0.25, -0.2) is 0 Å². The Labute approximate surface area is 150 Å². The average molecular weight is 373 g/mol. The topological polar surface area (TPSA) is 55.4 Å². The second-order valence-corrected chi connectivity index (χ2v) is 12.6. The van der Waals surface area contributed by atoms with Gasteiger partial charge in [0.15, 0.2) is 0 Å². The van der Waals surface area contributed by atoms with Crippen molar-refractivity contribution >= 4 is 36.2 Å². The van der Waals surface area contributed by atoms with Crippen LogP contribution in [0.25, 0.3) is 0 Å². The van der Waals surface area contributed by atoms with Gasteiger partial charge in [0.2, 0.25) is 0 Å². The van der Waals surface area contributed by atoms with Crippen LogP contribution in [0.3, 0.4) is 0 Å². The summed E-state index contributed by atoms with van der Waals surface area (Å²) in [5, 5.41) is 4.96. The first-order valence-electron chi connectivity index (χ1n) is 8.96. The molecule has 4 nitrogen and oxygen atoms in total. The summed E-state index contributed by atoms with van der Waals surface area (Å²) in [7, 11) is -1.65. The second kappa shape index (κ2) is 9.53. The number of nitrogens with one attached hydrogen (secondary N) is 1. The molecule has 0 aliphatic rings. The van der Waals surface area contributed by atoms with Gasteiger partial charge in [-0.1, -0.05) is 0 Å². The van der Waals surface area contributed by atoms with E-state index < -0.39 is 7.26 Å². The first-order valence-corrected chi connectivity index (χ1v) is 12.5. The van der Waals surface area contributed by atoms with Crippen molar-refractivity contribution in [3.63, 3.8) is 0 Å². The predicted molar refractivity (Wildman–Crippen MR) is 108 cm³/mol. The third-order valence-corrected chi connectivity index (χ3v) is 12.7. The standard InChI is InChI=1S/C18H32NO3PS/c1-7-14(23(9-3,10-4)11-5)17(20)19-15-13(6)12-24-16(15)18(21)22-8-2/h12,14,23H,7-11H2,1-6H3,(H,19,20). The monoisotopic (exact) mass is 373 g/mol. The van der Waals surface area contributed by atoms with E-state index in [1.807, 2.05) is 12.3 Å². The van der Waals surface area contributed by atoms with Crippen LogP contribution in [0, 0.1) is 6.92 Å². The first kappa shape index (κ1) is 21.1. The number of esters is 1. The average Bonchev–Trinajstić information content (AvgIpc) is 2.93. The fourth-order valence-corrected chi connectivity index (χ4v) is 8.91. The van der Waals surface area contributed by atoms with Crippen LogP contribution in [0.1, 0.15) is 56.3 Å². The molecule has 0 radical (unpaired) electrons. The van der Waals surface area contributed by atoms with Gasteiger partial charge in [0.25, 0.3) is 0 Å². The Morgan fingerprint density at radius 2 is 1.75 bits per heavy atom. The number of carbonyl (C=O) groups is 2. The van der Waals surface area contributed by atoms with E-state index in [-0.39, 0.29) is 17.5 Å². The van der Waals surface area contributed by atoms with Crippen molar-refractivity contribution in [3.05, 3.63) is 15.8 Å². The zero-order valence-corrected chi connectivity index (χ0v) is 17.6. The summed E-state index contributed by atoms with van der Waals surface area (Å²) in [4.78, 5) is 25.6. The van der Waals surface area contributed by atoms with E-state index in [1.165, 1.54) is 11.3 Å². The molecular weight excluding hydrogens is 341 g/mol. The van der Waals surface area contributed by atoms with Crippen LogP contribution >= 0.6 is 18.6 Å². The maximum atomic E-state index is 13.0. The fourth-order valence-electron chi connectivity index (χ4n) is 3.54. The van der Waals surface area contributed by atoms with Crippen LogP contribution in [-0.4, -0.2) is 42.6 Å². The Bertz CT molecular complexity index is 558. The molecule has 138 valence electrons. The molecule has 1 aromatic heterocycles. The molecule has 0 saturated carbocycles. The van der Waals surface area contributed by atoms with Crippen LogP contribution in [0.5, 0.6) is 0 Å². The Hall–Kier alpha value is -0.930. The molecule has 0 aliphatic carbocycles. The van der Waals surface area contributed by atoms with E-state index in [9.17, 15) is 9.59 Å². The molecule has 0 spiro atoms. The third kappa shape index (κ3) is 4.37. The number of thiophene rings is 1. The van der Waals surface area contributed by atoms with Crippen LogP contribution in [-0.2, 0) is 9.53 Å². The number of anilines is 1. The summed E-state index contributed by atoms with van der Waals surface area (Å²) in [5.74, 6) is -0.286. The summed E-state index contributed by atoms with van der Waals surface area (Å²) < 4.78 is 5.11. The van der Waals surface area contributed by atoms with Crippen molar-refractivity contribution in [1.29, 1.82) is 0 Å². The minimum atomic E-state index is -1.65.